The summed E-state index contributed by atoms with van der Waals surface area (Å²) in [6.45, 7) is 1.63. The number of alkyl carbamates (subject to hydrolysis) is 1. The maximum absolute atomic E-state index is 11.1. The largest absolute Gasteiger partial charge is 0.447 e. The first-order valence-electron chi connectivity index (χ1n) is 4.69. The van der Waals surface area contributed by atoms with Crippen LogP contribution in [-0.2, 0) is 4.74 Å². The lowest BCUT2D eigenvalue weighted by molar-refractivity contribution is 0.116. The summed E-state index contributed by atoms with van der Waals surface area (Å²) in [5.74, 6) is 0. The first kappa shape index (κ1) is 11.5. The summed E-state index contributed by atoms with van der Waals surface area (Å²) < 4.78 is 4.66. The van der Waals surface area contributed by atoms with Gasteiger partial charge >= 0.3 is 6.09 Å². The van der Waals surface area contributed by atoms with E-state index in [-0.39, 0.29) is 19.3 Å². The van der Waals surface area contributed by atoms with E-state index in [9.17, 15) is 4.79 Å². The van der Waals surface area contributed by atoms with Crippen LogP contribution in [0.4, 0.5) is 4.79 Å². The minimum atomic E-state index is -0.554. The van der Waals surface area contributed by atoms with Crippen molar-refractivity contribution in [3.8, 4) is 0 Å². The van der Waals surface area contributed by atoms with E-state index < -0.39 is 6.09 Å². The van der Waals surface area contributed by atoms with E-state index in [0.717, 1.165) is 5.69 Å². The Labute approximate surface area is 88.1 Å². The molecule has 1 aromatic heterocycles. The Kier molecular flexibility index (Phi) is 4.56. The van der Waals surface area contributed by atoms with Gasteiger partial charge in [0, 0.05) is 6.20 Å². The molecule has 0 spiro atoms. The molecule has 0 bridgehead atoms. The number of rotatable bonds is 4. The Hall–Kier alpha value is -1.62. The first-order chi connectivity index (χ1) is 7.24. The summed E-state index contributed by atoms with van der Waals surface area (Å²) in [5, 5.41) is 11.0. The molecule has 1 heterocycles. The lowest BCUT2D eigenvalue weighted by Crippen LogP contribution is -2.28. The molecule has 0 saturated carbocycles. The van der Waals surface area contributed by atoms with Gasteiger partial charge in [0.15, 0.2) is 0 Å². The van der Waals surface area contributed by atoms with Crippen LogP contribution in [0.1, 0.15) is 18.7 Å². The molecule has 5 heteroatoms. The molecule has 2 N–H and O–H groups in total. The SMILES string of the molecule is C[C@@H](NC(=O)OCCO)c1ccccn1. The smallest absolute Gasteiger partial charge is 0.407 e. The third-order valence-corrected chi connectivity index (χ3v) is 1.79. The molecule has 0 unspecified atom stereocenters. The number of aromatic nitrogens is 1. The van der Waals surface area contributed by atoms with Crippen molar-refractivity contribution in [3.05, 3.63) is 30.1 Å². The fourth-order valence-electron chi connectivity index (χ4n) is 1.06. The zero-order valence-corrected chi connectivity index (χ0v) is 8.51. The van der Waals surface area contributed by atoms with E-state index in [0.29, 0.717) is 0 Å². The molecule has 0 radical (unpaired) electrons. The fourth-order valence-corrected chi connectivity index (χ4v) is 1.06. The van der Waals surface area contributed by atoms with E-state index in [1.54, 1.807) is 12.3 Å². The summed E-state index contributed by atoms with van der Waals surface area (Å²) in [7, 11) is 0. The highest BCUT2D eigenvalue weighted by atomic mass is 16.6. The molecular formula is C10H14N2O3. The van der Waals surface area contributed by atoms with E-state index in [1.165, 1.54) is 0 Å². The first-order valence-corrected chi connectivity index (χ1v) is 4.69. The zero-order chi connectivity index (χ0) is 11.1. The number of hydrogen-bond acceptors (Lipinski definition) is 4. The van der Waals surface area contributed by atoms with Crippen molar-refractivity contribution in [1.82, 2.24) is 10.3 Å². The number of pyridine rings is 1. The maximum Gasteiger partial charge on any atom is 0.407 e. The number of aliphatic hydroxyl groups is 1. The Morgan fingerprint density at radius 3 is 3.07 bits per heavy atom. The molecule has 1 atom stereocenters. The minimum absolute atomic E-state index is 0.000765. The van der Waals surface area contributed by atoms with Crippen LogP contribution in [0.15, 0.2) is 24.4 Å². The van der Waals surface area contributed by atoms with Crippen LogP contribution in [0, 0.1) is 0 Å². The van der Waals surface area contributed by atoms with Gasteiger partial charge < -0.3 is 15.2 Å². The third kappa shape index (κ3) is 3.95. The number of carbonyl (C=O) groups excluding carboxylic acids is 1. The van der Waals surface area contributed by atoms with Crippen molar-refractivity contribution in [3.63, 3.8) is 0 Å². The van der Waals surface area contributed by atoms with Crippen molar-refractivity contribution in [2.45, 2.75) is 13.0 Å². The van der Waals surface area contributed by atoms with Gasteiger partial charge in [-0.3, -0.25) is 4.98 Å². The zero-order valence-electron chi connectivity index (χ0n) is 8.51. The summed E-state index contributed by atoms with van der Waals surface area (Å²) in [4.78, 5) is 15.2. The Balaban J connectivity index is 2.42. The van der Waals surface area contributed by atoms with Crippen molar-refractivity contribution in [1.29, 1.82) is 0 Å². The van der Waals surface area contributed by atoms with Crippen LogP contribution in [0.25, 0.3) is 0 Å². The van der Waals surface area contributed by atoms with Crippen molar-refractivity contribution in [2.75, 3.05) is 13.2 Å². The molecule has 0 fully saturated rings. The maximum atomic E-state index is 11.1. The van der Waals surface area contributed by atoms with Gasteiger partial charge in [-0.15, -0.1) is 0 Å². The van der Waals surface area contributed by atoms with Crippen LogP contribution in [0.5, 0.6) is 0 Å². The van der Waals surface area contributed by atoms with Crippen LogP contribution < -0.4 is 5.32 Å². The normalized spacial score (nSPS) is 11.9. The highest BCUT2D eigenvalue weighted by Crippen LogP contribution is 2.07. The standard InChI is InChI=1S/C10H14N2O3/c1-8(9-4-2-3-5-11-9)12-10(14)15-7-6-13/h2-5,8,13H,6-7H2,1H3,(H,12,14)/t8-/m1/s1. The number of aliphatic hydroxyl groups excluding tert-OH is 1. The lowest BCUT2D eigenvalue weighted by atomic mass is 10.2. The van der Waals surface area contributed by atoms with E-state index >= 15 is 0 Å². The second-order valence-corrected chi connectivity index (χ2v) is 2.98. The van der Waals surface area contributed by atoms with Gasteiger partial charge in [-0.1, -0.05) is 6.07 Å². The van der Waals surface area contributed by atoms with Gasteiger partial charge in [-0.2, -0.15) is 0 Å². The van der Waals surface area contributed by atoms with Gasteiger partial charge in [0.1, 0.15) is 6.61 Å². The predicted molar refractivity (Wildman–Crippen MR) is 54.2 cm³/mol. The van der Waals surface area contributed by atoms with E-state index in [1.807, 2.05) is 19.1 Å². The van der Waals surface area contributed by atoms with Crippen molar-refractivity contribution < 1.29 is 14.6 Å². The Morgan fingerprint density at radius 2 is 2.47 bits per heavy atom. The number of nitrogens with zero attached hydrogens (tertiary/aromatic N) is 1. The molecule has 1 aromatic rings. The quantitative estimate of drug-likeness (QED) is 0.773. The Bertz CT molecular complexity index is 303. The number of ether oxygens (including phenoxy) is 1. The van der Waals surface area contributed by atoms with Crippen LogP contribution in [-0.4, -0.2) is 29.4 Å². The topological polar surface area (TPSA) is 71.5 Å². The molecule has 0 aliphatic carbocycles. The highest BCUT2D eigenvalue weighted by molar-refractivity contribution is 5.67. The number of carbonyl (C=O) groups is 1. The average molecular weight is 210 g/mol. The second kappa shape index (κ2) is 5.98. The molecule has 0 aromatic carbocycles. The van der Waals surface area contributed by atoms with E-state index in [2.05, 4.69) is 15.0 Å². The van der Waals surface area contributed by atoms with Crippen LogP contribution >= 0.6 is 0 Å². The van der Waals surface area contributed by atoms with Crippen molar-refractivity contribution >= 4 is 6.09 Å². The van der Waals surface area contributed by atoms with Crippen molar-refractivity contribution in [2.24, 2.45) is 0 Å². The molecule has 0 aliphatic rings. The molecule has 1 amide bonds. The predicted octanol–water partition coefficient (Wildman–Crippen LogP) is 0.861. The fraction of sp³-hybridized carbons (Fsp3) is 0.400. The Morgan fingerprint density at radius 1 is 1.67 bits per heavy atom. The average Bonchev–Trinajstić information content (AvgIpc) is 2.27. The molecule has 82 valence electrons. The number of amides is 1. The number of hydrogen-bond donors (Lipinski definition) is 2. The van der Waals surface area contributed by atoms with Gasteiger partial charge in [0.05, 0.1) is 18.3 Å². The molecule has 15 heavy (non-hydrogen) atoms. The van der Waals surface area contributed by atoms with Crippen LogP contribution in [0.3, 0.4) is 0 Å². The summed E-state index contributed by atoms with van der Waals surface area (Å²) in [6, 6.07) is 5.26. The van der Waals surface area contributed by atoms with Gasteiger partial charge in [-0.25, -0.2) is 4.79 Å². The molecular weight excluding hydrogens is 196 g/mol. The summed E-state index contributed by atoms with van der Waals surface area (Å²) in [5.41, 5.74) is 0.762. The minimum Gasteiger partial charge on any atom is -0.447 e. The third-order valence-electron chi connectivity index (χ3n) is 1.79. The summed E-state index contributed by atoms with van der Waals surface area (Å²) >= 11 is 0. The van der Waals surface area contributed by atoms with Gasteiger partial charge in [0.2, 0.25) is 0 Å². The second-order valence-electron chi connectivity index (χ2n) is 2.98. The summed E-state index contributed by atoms with van der Waals surface area (Å²) in [6.07, 6.45) is 1.11. The lowest BCUT2D eigenvalue weighted by Gasteiger charge is -2.12. The molecule has 5 nitrogen and oxygen atoms in total. The molecule has 0 aliphatic heterocycles. The monoisotopic (exact) mass is 210 g/mol. The van der Waals surface area contributed by atoms with Crippen LogP contribution in [0.2, 0.25) is 0 Å². The number of nitrogens with one attached hydrogen (secondary N) is 1. The van der Waals surface area contributed by atoms with E-state index in [4.69, 9.17) is 5.11 Å². The highest BCUT2D eigenvalue weighted by Gasteiger charge is 2.10. The van der Waals surface area contributed by atoms with Gasteiger partial charge in [0.25, 0.3) is 0 Å². The molecule has 0 saturated heterocycles. The molecule has 1 rings (SSSR count). The van der Waals surface area contributed by atoms with Gasteiger partial charge in [-0.05, 0) is 19.1 Å².